The normalized spacial score (nSPS) is 16.3. The maximum atomic E-state index is 13.6. The van der Waals surface area contributed by atoms with E-state index in [1.165, 1.54) is 19.4 Å². The summed E-state index contributed by atoms with van der Waals surface area (Å²) in [5.74, 6) is -0.00204. The lowest BCUT2D eigenvalue weighted by molar-refractivity contribution is -0.120. The lowest BCUT2D eigenvalue weighted by Crippen LogP contribution is -2.28. The van der Waals surface area contributed by atoms with Gasteiger partial charge in [-0.1, -0.05) is 11.6 Å². The zero-order chi connectivity index (χ0) is 20.4. The van der Waals surface area contributed by atoms with Gasteiger partial charge in [-0.15, -0.1) is 0 Å². The van der Waals surface area contributed by atoms with Gasteiger partial charge in [0.25, 0.3) is 0 Å². The van der Waals surface area contributed by atoms with E-state index >= 15 is 0 Å². The standard InChI is InChI=1S/C20H17ClFN5O2/c1-29-19-15(14-4-6-24-25-11-14)2-3-17(26-19)27-7-5-13(20(27)28)8-12-9-16(22)18(21)23-10-12/h2-4,6,9-11,13H,5,7-8H2,1H3/t13-/m1/s1. The minimum absolute atomic E-state index is 0.0618. The Bertz CT molecular complexity index is 1050. The summed E-state index contributed by atoms with van der Waals surface area (Å²) in [5, 5.41) is 7.47. The average Bonchev–Trinajstić information content (AvgIpc) is 3.11. The van der Waals surface area contributed by atoms with Crippen LogP contribution in [0.15, 0.2) is 42.9 Å². The minimum Gasteiger partial charge on any atom is -0.480 e. The first-order valence-corrected chi connectivity index (χ1v) is 9.38. The number of hydrogen-bond donors (Lipinski definition) is 0. The number of amides is 1. The molecular weight excluding hydrogens is 397 g/mol. The molecule has 29 heavy (non-hydrogen) atoms. The van der Waals surface area contributed by atoms with Crippen molar-refractivity contribution in [2.45, 2.75) is 12.8 Å². The highest BCUT2D eigenvalue weighted by atomic mass is 35.5. The Kier molecular flexibility index (Phi) is 5.35. The molecule has 148 valence electrons. The van der Waals surface area contributed by atoms with E-state index in [9.17, 15) is 9.18 Å². The number of nitrogens with zero attached hydrogens (tertiary/aromatic N) is 5. The molecule has 9 heteroatoms. The van der Waals surface area contributed by atoms with Crippen molar-refractivity contribution in [1.29, 1.82) is 0 Å². The molecule has 0 spiro atoms. The number of anilines is 1. The smallest absolute Gasteiger partial charge is 0.231 e. The first kappa shape index (κ1) is 19.2. The van der Waals surface area contributed by atoms with Crippen LogP contribution in [0.2, 0.25) is 5.15 Å². The Labute approximate surface area is 171 Å². The van der Waals surface area contributed by atoms with Gasteiger partial charge in [0.15, 0.2) is 11.0 Å². The molecule has 0 aromatic carbocycles. The summed E-state index contributed by atoms with van der Waals surface area (Å²) < 4.78 is 19.1. The summed E-state index contributed by atoms with van der Waals surface area (Å²) in [7, 11) is 1.53. The number of halogens is 2. The maximum absolute atomic E-state index is 13.6. The second-order valence-electron chi connectivity index (χ2n) is 6.65. The van der Waals surface area contributed by atoms with Gasteiger partial charge in [0.2, 0.25) is 11.8 Å². The summed E-state index contributed by atoms with van der Waals surface area (Å²) in [6.07, 6.45) is 5.75. The van der Waals surface area contributed by atoms with Gasteiger partial charge in [-0.25, -0.2) is 9.37 Å². The molecule has 0 bridgehead atoms. The molecule has 0 N–H and O–H groups in total. The first-order valence-electron chi connectivity index (χ1n) is 9.00. The van der Waals surface area contributed by atoms with Crippen LogP contribution in [0.5, 0.6) is 5.88 Å². The van der Waals surface area contributed by atoms with Crippen LogP contribution in [-0.2, 0) is 11.2 Å². The van der Waals surface area contributed by atoms with Crippen LogP contribution in [0.3, 0.4) is 0 Å². The fourth-order valence-electron chi connectivity index (χ4n) is 3.42. The second kappa shape index (κ2) is 8.08. The number of aromatic nitrogens is 4. The van der Waals surface area contributed by atoms with E-state index in [-0.39, 0.29) is 17.0 Å². The van der Waals surface area contributed by atoms with Crippen molar-refractivity contribution >= 4 is 23.3 Å². The fraction of sp³-hybridized carbons (Fsp3) is 0.250. The summed E-state index contributed by atoms with van der Waals surface area (Å²) in [5.41, 5.74) is 2.22. The largest absolute Gasteiger partial charge is 0.480 e. The van der Waals surface area contributed by atoms with Crippen molar-refractivity contribution in [3.8, 4) is 17.0 Å². The molecule has 0 unspecified atom stereocenters. The quantitative estimate of drug-likeness (QED) is 0.597. The Balaban J connectivity index is 1.54. The third kappa shape index (κ3) is 3.88. The predicted molar refractivity (Wildman–Crippen MR) is 105 cm³/mol. The summed E-state index contributed by atoms with van der Waals surface area (Å²) >= 11 is 5.63. The average molecular weight is 414 g/mol. The monoisotopic (exact) mass is 413 g/mol. The Morgan fingerprint density at radius 3 is 2.86 bits per heavy atom. The van der Waals surface area contributed by atoms with E-state index in [0.717, 1.165) is 11.1 Å². The van der Waals surface area contributed by atoms with E-state index in [4.69, 9.17) is 16.3 Å². The molecule has 3 aromatic heterocycles. The number of carbonyl (C=O) groups excluding carboxylic acids is 1. The Morgan fingerprint density at radius 2 is 2.14 bits per heavy atom. The molecule has 0 aliphatic carbocycles. The summed E-state index contributed by atoms with van der Waals surface area (Å²) in [4.78, 5) is 22.9. The van der Waals surface area contributed by atoms with Crippen LogP contribution < -0.4 is 9.64 Å². The van der Waals surface area contributed by atoms with Crippen LogP contribution in [0.25, 0.3) is 11.1 Å². The van der Waals surface area contributed by atoms with Gasteiger partial charge in [-0.2, -0.15) is 15.2 Å². The number of carbonyl (C=O) groups is 1. The van der Waals surface area contributed by atoms with Crippen LogP contribution in [-0.4, -0.2) is 39.7 Å². The minimum atomic E-state index is -0.584. The molecule has 3 aromatic rings. The van der Waals surface area contributed by atoms with Crippen molar-refractivity contribution in [3.63, 3.8) is 0 Å². The number of methoxy groups -OCH3 is 1. The third-order valence-corrected chi connectivity index (χ3v) is 5.14. The SMILES string of the molecule is COc1nc(N2CC[C@H](Cc3cnc(Cl)c(F)c3)C2=O)ccc1-c1ccnnc1. The van der Waals surface area contributed by atoms with Crippen LogP contribution in [0.4, 0.5) is 10.2 Å². The molecule has 1 saturated heterocycles. The second-order valence-corrected chi connectivity index (χ2v) is 7.01. The number of rotatable bonds is 5. The Morgan fingerprint density at radius 1 is 1.28 bits per heavy atom. The van der Waals surface area contributed by atoms with Gasteiger partial charge in [-0.3, -0.25) is 9.69 Å². The summed E-state index contributed by atoms with van der Waals surface area (Å²) in [6.45, 7) is 0.527. The molecule has 0 saturated carbocycles. The molecule has 0 radical (unpaired) electrons. The van der Waals surface area contributed by atoms with E-state index in [1.54, 1.807) is 23.4 Å². The lowest BCUT2D eigenvalue weighted by atomic mass is 9.99. The molecule has 4 rings (SSSR count). The molecule has 1 atom stereocenters. The maximum Gasteiger partial charge on any atom is 0.231 e. The van der Waals surface area contributed by atoms with Crippen LogP contribution >= 0.6 is 11.6 Å². The first-order chi connectivity index (χ1) is 14.1. The lowest BCUT2D eigenvalue weighted by Gasteiger charge is -2.18. The predicted octanol–water partition coefficient (Wildman–Crippen LogP) is 3.33. The fourth-order valence-corrected chi connectivity index (χ4v) is 3.52. The molecule has 7 nitrogen and oxygen atoms in total. The van der Waals surface area contributed by atoms with Gasteiger partial charge < -0.3 is 4.74 Å². The van der Waals surface area contributed by atoms with E-state index in [2.05, 4.69) is 20.2 Å². The van der Waals surface area contributed by atoms with Crippen molar-refractivity contribution in [3.05, 3.63) is 59.4 Å². The molecule has 1 fully saturated rings. The number of pyridine rings is 2. The molecule has 1 aliphatic rings. The van der Waals surface area contributed by atoms with E-state index in [1.807, 2.05) is 12.1 Å². The van der Waals surface area contributed by atoms with Gasteiger partial charge in [0.1, 0.15) is 5.82 Å². The highest BCUT2D eigenvalue weighted by Crippen LogP contribution is 2.33. The topological polar surface area (TPSA) is 81.1 Å². The van der Waals surface area contributed by atoms with Crippen LogP contribution in [0, 0.1) is 11.7 Å². The molecule has 1 aliphatic heterocycles. The van der Waals surface area contributed by atoms with Crippen LogP contribution in [0.1, 0.15) is 12.0 Å². The Hall–Kier alpha value is -3.13. The highest BCUT2D eigenvalue weighted by molar-refractivity contribution is 6.29. The van der Waals surface area contributed by atoms with E-state index in [0.29, 0.717) is 36.6 Å². The molecular formula is C20H17ClFN5O2. The third-order valence-electron chi connectivity index (χ3n) is 4.86. The van der Waals surface area contributed by atoms with Gasteiger partial charge >= 0.3 is 0 Å². The zero-order valence-corrected chi connectivity index (χ0v) is 16.3. The van der Waals surface area contributed by atoms with Gasteiger partial charge in [0.05, 0.1) is 19.5 Å². The van der Waals surface area contributed by atoms with E-state index < -0.39 is 5.82 Å². The summed E-state index contributed by atoms with van der Waals surface area (Å²) in [6, 6.07) is 6.76. The number of hydrogen-bond acceptors (Lipinski definition) is 6. The molecule has 4 heterocycles. The van der Waals surface area contributed by atoms with Gasteiger partial charge in [0, 0.05) is 29.8 Å². The highest BCUT2D eigenvalue weighted by Gasteiger charge is 2.33. The zero-order valence-electron chi connectivity index (χ0n) is 15.5. The van der Waals surface area contributed by atoms with Crippen molar-refractivity contribution < 1.29 is 13.9 Å². The van der Waals surface area contributed by atoms with Crippen molar-refractivity contribution in [2.75, 3.05) is 18.6 Å². The number of ether oxygens (including phenoxy) is 1. The van der Waals surface area contributed by atoms with Gasteiger partial charge in [-0.05, 0) is 42.7 Å². The molecule has 1 amide bonds. The van der Waals surface area contributed by atoms with Crippen molar-refractivity contribution in [1.82, 2.24) is 20.2 Å². The van der Waals surface area contributed by atoms with Crippen molar-refractivity contribution in [2.24, 2.45) is 5.92 Å².